The van der Waals surface area contributed by atoms with Crippen molar-refractivity contribution in [2.75, 3.05) is 6.61 Å². The highest BCUT2D eigenvalue weighted by atomic mass is 16.5. The summed E-state index contributed by atoms with van der Waals surface area (Å²) in [6.45, 7) is 7.22. The molecule has 2 nitrogen and oxygen atoms in total. The van der Waals surface area contributed by atoms with Gasteiger partial charge in [-0.25, -0.2) is 0 Å². The Balaban J connectivity index is 2.18. The van der Waals surface area contributed by atoms with E-state index in [1.54, 1.807) is 0 Å². The summed E-state index contributed by atoms with van der Waals surface area (Å²) in [6, 6.07) is 0. The van der Waals surface area contributed by atoms with Crippen LogP contribution in [0.5, 0.6) is 0 Å². The monoisotopic (exact) mass is 238 g/mol. The van der Waals surface area contributed by atoms with Crippen molar-refractivity contribution < 1.29 is 9.53 Å². The molecule has 0 N–H and O–H groups in total. The highest BCUT2D eigenvalue weighted by molar-refractivity contribution is 5.69. The zero-order valence-corrected chi connectivity index (χ0v) is 11.5. The van der Waals surface area contributed by atoms with E-state index in [9.17, 15) is 4.79 Å². The first-order chi connectivity index (χ1) is 8.13. The summed E-state index contributed by atoms with van der Waals surface area (Å²) in [6.07, 6.45) is 8.32. The van der Waals surface area contributed by atoms with E-state index in [0.29, 0.717) is 13.0 Å². The van der Waals surface area contributed by atoms with E-state index in [0.717, 1.165) is 31.1 Å². The average Bonchev–Trinajstić information content (AvgIpc) is 2.75. The van der Waals surface area contributed by atoms with Crippen molar-refractivity contribution in [2.24, 2.45) is 11.8 Å². The zero-order valence-electron chi connectivity index (χ0n) is 11.5. The molecule has 0 spiro atoms. The molecule has 17 heavy (non-hydrogen) atoms. The van der Waals surface area contributed by atoms with Crippen molar-refractivity contribution >= 4 is 5.97 Å². The van der Waals surface area contributed by atoms with E-state index in [1.165, 1.54) is 18.4 Å². The van der Waals surface area contributed by atoms with Crippen molar-refractivity contribution in [1.29, 1.82) is 0 Å². The van der Waals surface area contributed by atoms with Crippen LogP contribution in [0, 0.1) is 11.8 Å². The van der Waals surface area contributed by atoms with Crippen LogP contribution in [0.3, 0.4) is 0 Å². The van der Waals surface area contributed by atoms with Gasteiger partial charge in [0.05, 0.1) is 6.61 Å². The van der Waals surface area contributed by atoms with Crippen LogP contribution in [0.1, 0.15) is 59.3 Å². The van der Waals surface area contributed by atoms with Gasteiger partial charge in [0, 0.05) is 6.42 Å². The van der Waals surface area contributed by atoms with Gasteiger partial charge in [-0.15, -0.1) is 0 Å². The van der Waals surface area contributed by atoms with Gasteiger partial charge in [0.25, 0.3) is 0 Å². The van der Waals surface area contributed by atoms with E-state index < -0.39 is 0 Å². The second kappa shape index (κ2) is 7.52. The Morgan fingerprint density at radius 2 is 2.29 bits per heavy atom. The van der Waals surface area contributed by atoms with E-state index in [1.807, 2.05) is 0 Å². The number of esters is 1. The van der Waals surface area contributed by atoms with Gasteiger partial charge in [0.2, 0.25) is 0 Å². The SMILES string of the molecule is CCCCOC(=O)CCC1=C[C@H](C(C)C)CC1. The number of unbranched alkanes of at least 4 members (excludes halogenated alkanes) is 1. The Bertz CT molecular complexity index is 266. The molecule has 0 aliphatic heterocycles. The lowest BCUT2D eigenvalue weighted by Gasteiger charge is -2.09. The molecule has 0 saturated carbocycles. The van der Waals surface area contributed by atoms with Gasteiger partial charge in [-0.1, -0.05) is 38.8 Å². The number of allylic oxidation sites excluding steroid dienone is 2. The summed E-state index contributed by atoms with van der Waals surface area (Å²) in [5, 5.41) is 0. The number of hydrogen-bond acceptors (Lipinski definition) is 2. The van der Waals surface area contributed by atoms with Crippen LogP contribution >= 0.6 is 0 Å². The van der Waals surface area contributed by atoms with Gasteiger partial charge in [-0.2, -0.15) is 0 Å². The second-order valence-corrected chi connectivity index (χ2v) is 5.35. The second-order valence-electron chi connectivity index (χ2n) is 5.35. The summed E-state index contributed by atoms with van der Waals surface area (Å²) < 4.78 is 5.15. The van der Waals surface area contributed by atoms with Crippen molar-refractivity contribution in [3.8, 4) is 0 Å². The fourth-order valence-corrected chi connectivity index (χ4v) is 2.22. The first-order valence-electron chi connectivity index (χ1n) is 6.98. The van der Waals surface area contributed by atoms with Crippen molar-refractivity contribution in [3.05, 3.63) is 11.6 Å². The maximum atomic E-state index is 11.4. The molecule has 0 radical (unpaired) electrons. The molecular weight excluding hydrogens is 212 g/mol. The predicted octanol–water partition coefficient (Wildman–Crippen LogP) is 4.10. The van der Waals surface area contributed by atoms with Crippen LogP contribution in [-0.2, 0) is 9.53 Å². The molecular formula is C15H26O2. The molecule has 1 atom stereocenters. The minimum absolute atomic E-state index is 0.0349. The van der Waals surface area contributed by atoms with Gasteiger partial charge in [-0.05, 0) is 37.5 Å². The summed E-state index contributed by atoms with van der Waals surface area (Å²) in [5.74, 6) is 1.41. The maximum absolute atomic E-state index is 11.4. The van der Waals surface area contributed by atoms with Crippen molar-refractivity contribution in [2.45, 2.75) is 59.3 Å². The van der Waals surface area contributed by atoms with Crippen LogP contribution in [0.25, 0.3) is 0 Å². The molecule has 0 unspecified atom stereocenters. The molecule has 0 aromatic carbocycles. The quantitative estimate of drug-likeness (QED) is 0.379. The summed E-state index contributed by atoms with van der Waals surface area (Å²) in [5.41, 5.74) is 1.45. The highest BCUT2D eigenvalue weighted by Crippen LogP contribution is 2.31. The largest absolute Gasteiger partial charge is 0.466 e. The molecule has 0 saturated heterocycles. The Kier molecular flexibility index (Phi) is 6.31. The van der Waals surface area contributed by atoms with Crippen molar-refractivity contribution in [1.82, 2.24) is 0 Å². The Morgan fingerprint density at radius 1 is 1.53 bits per heavy atom. The van der Waals surface area contributed by atoms with Crippen LogP contribution in [0.2, 0.25) is 0 Å². The van der Waals surface area contributed by atoms with Crippen LogP contribution in [0.4, 0.5) is 0 Å². The third kappa shape index (κ3) is 5.38. The molecule has 98 valence electrons. The summed E-state index contributed by atoms with van der Waals surface area (Å²) in [7, 11) is 0. The minimum Gasteiger partial charge on any atom is -0.466 e. The highest BCUT2D eigenvalue weighted by Gasteiger charge is 2.18. The normalized spacial score (nSPS) is 19.5. The topological polar surface area (TPSA) is 26.3 Å². The number of hydrogen-bond donors (Lipinski definition) is 0. The Morgan fingerprint density at radius 3 is 2.88 bits per heavy atom. The van der Waals surface area contributed by atoms with Crippen LogP contribution in [0.15, 0.2) is 11.6 Å². The fraction of sp³-hybridized carbons (Fsp3) is 0.800. The summed E-state index contributed by atoms with van der Waals surface area (Å²) in [4.78, 5) is 11.4. The maximum Gasteiger partial charge on any atom is 0.306 e. The van der Waals surface area contributed by atoms with Gasteiger partial charge >= 0.3 is 5.97 Å². The van der Waals surface area contributed by atoms with Gasteiger partial charge < -0.3 is 4.74 Å². The lowest BCUT2D eigenvalue weighted by atomic mass is 9.96. The van der Waals surface area contributed by atoms with Crippen LogP contribution < -0.4 is 0 Å². The average molecular weight is 238 g/mol. The number of ether oxygens (including phenoxy) is 1. The molecule has 1 aliphatic carbocycles. The number of carbonyl (C=O) groups is 1. The number of carbonyl (C=O) groups excluding carboxylic acids is 1. The molecule has 1 aliphatic rings. The van der Waals surface area contributed by atoms with E-state index in [-0.39, 0.29) is 5.97 Å². The third-order valence-corrected chi connectivity index (χ3v) is 3.52. The first kappa shape index (κ1) is 14.3. The van der Waals surface area contributed by atoms with Gasteiger partial charge in [-0.3, -0.25) is 4.79 Å². The molecule has 0 bridgehead atoms. The zero-order chi connectivity index (χ0) is 12.7. The Hall–Kier alpha value is -0.790. The van der Waals surface area contributed by atoms with Gasteiger partial charge in [0.1, 0.15) is 0 Å². The molecule has 0 fully saturated rings. The van der Waals surface area contributed by atoms with Gasteiger partial charge in [0.15, 0.2) is 0 Å². The molecule has 0 amide bonds. The lowest BCUT2D eigenvalue weighted by Crippen LogP contribution is -2.05. The standard InChI is InChI=1S/C15H26O2/c1-4-5-10-17-15(16)9-7-13-6-8-14(11-13)12(2)3/h11-12,14H,4-10H2,1-3H3/t14-/m1/s1. The molecule has 0 aromatic rings. The number of rotatable bonds is 7. The van der Waals surface area contributed by atoms with Crippen LogP contribution in [-0.4, -0.2) is 12.6 Å². The smallest absolute Gasteiger partial charge is 0.306 e. The van der Waals surface area contributed by atoms with E-state index >= 15 is 0 Å². The molecule has 0 aromatic heterocycles. The van der Waals surface area contributed by atoms with E-state index in [4.69, 9.17) is 4.74 Å². The Labute approximate surface area is 105 Å². The minimum atomic E-state index is -0.0349. The first-order valence-corrected chi connectivity index (χ1v) is 6.98. The van der Waals surface area contributed by atoms with E-state index in [2.05, 4.69) is 26.8 Å². The van der Waals surface area contributed by atoms with Crippen molar-refractivity contribution in [3.63, 3.8) is 0 Å². The molecule has 1 rings (SSSR count). The lowest BCUT2D eigenvalue weighted by molar-refractivity contribution is -0.143. The summed E-state index contributed by atoms with van der Waals surface area (Å²) >= 11 is 0. The fourth-order valence-electron chi connectivity index (χ4n) is 2.22. The third-order valence-electron chi connectivity index (χ3n) is 3.52. The molecule has 0 heterocycles. The predicted molar refractivity (Wildman–Crippen MR) is 70.7 cm³/mol. The molecule has 2 heteroatoms.